The summed E-state index contributed by atoms with van der Waals surface area (Å²) in [6, 6.07) is 0. The van der Waals surface area contributed by atoms with Crippen molar-refractivity contribution in [2.24, 2.45) is 0 Å². The molecule has 0 bridgehead atoms. The third kappa shape index (κ3) is 6.77. The molecule has 0 aliphatic heterocycles. The molecule has 0 saturated carbocycles. The van der Waals surface area contributed by atoms with Crippen molar-refractivity contribution in [2.45, 2.75) is 24.7 Å². The molecule has 58 heavy (non-hydrogen) atoms. The van der Waals surface area contributed by atoms with Gasteiger partial charge in [0, 0.05) is 0 Å². The molecule has 0 saturated heterocycles. The first-order chi connectivity index (χ1) is 25.5. The molecule has 0 atom stereocenters. The van der Waals surface area contributed by atoms with E-state index in [4.69, 9.17) is 0 Å². The first kappa shape index (κ1) is 48.0. The Morgan fingerprint density at radius 2 is 0.310 bits per heavy atom. The molecule has 0 aromatic heterocycles. The zero-order valence-electron chi connectivity index (χ0n) is 26.2. The van der Waals surface area contributed by atoms with Crippen LogP contribution in [0.15, 0.2) is 0 Å². The van der Waals surface area contributed by atoms with Gasteiger partial charge in [-0.25, -0.2) is 70.2 Å². The fourth-order valence-corrected chi connectivity index (χ4v) is 5.98. The molecule has 0 radical (unpaired) electrons. The van der Waals surface area contributed by atoms with Gasteiger partial charge in [-0.2, -0.15) is 52.7 Å². The van der Waals surface area contributed by atoms with Gasteiger partial charge in [-0.15, -0.1) is 21.9 Å². The molecule has 312 valence electrons. The molecule has 4 rings (SSSR count). The average Bonchev–Trinajstić information content (AvgIpc) is 3.02. The van der Waals surface area contributed by atoms with Crippen LogP contribution in [0.5, 0.6) is 0 Å². The second-order valence-electron chi connectivity index (χ2n) is 11.0. The van der Waals surface area contributed by atoms with E-state index in [9.17, 15) is 52.7 Å². The molecule has 0 unspecified atom stereocenters. The summed E-state index contributed by atoms with van der Waals surface area (Å²) >= 11 is 0. The van der Waals surface area contributed by atoms with Crippen LogP contribution in [0.25, 0.3) is 0 Å². The van der Waals surface area contributed by atoms with Gasteiger partial charge < -0.3 is 0 Å². The standard InChI is InChI=1S/C28BF28.Li/c30-9-1(25(46,47)48)10(31)18(39)5(17(9)38)29(6-19(40)11(32)2(26(49,50)51)12(33)20(6)41,7-21(42)13(34)3(27(52,53)54)14(35)22(7)43)8-23(44)15(36)4(28(55,56)57)16(37)24(8)45;/q-1;+1. The summed E-state index contributed by atoms with van der Waals surface area (Å²) in [6.07, 6.45) is -35.7. The molecule has 4 aromatic carbocycles. The van der Waals surface area contributed by atoms with Gasteiger partial charge in [0.05, 0.1) is 0 Å². The quantitative estimate of drug-likeness (QED) is 0.127. The van der Waals surface area contributed by atoms with Crippen LogP contribution in [0, 0.1) is 93.1 Å². The van der Waals surface area contributed by atoms with Crippen LogP contribution in [0.2, 0.25) is 0 Å². The van der Waals surface area contributed by atoms with Gasteiger partial charge in [0.2, 0.25) is 0 Å². The zero-order valence-corrected chi connectivity index (χ0v) is 26.2. The van der Waals surface area contributed by atoms with Crippen LogP contribution < -0.4 is 40.7 Å². The van der Waals surface area contributed by atoms with E-state index in [1.54, 1.807) is 0 Å². The average molecular weight is 886 g/mol. The van der Waals surface area contributed by atoms with Gasteiger partial charge in [0.25, 0.3) is 0 Å². The molecule has 0 fully saturated rings. The van der Waals surface area contributed by atoms with Crippen molar-refractivity contribution in [3.63, 3.8) is 0 Å². The minimum absolute atomic E-state index is 0. The summed E-state index contributed by atoms with van der Waals surface area (Å²) in [5.74, 6) is -69.9. The Morgan fingerprint density at radius 3 is 0.397 bits per heavy atom. The van der Waals surface area contributed by atoms with Crippen molar-refractivity contribution in [3.05, 3.63) is 115 Å². The topological polar surface area (TPSA) is 0 Å². The van der Waals surface area contributed by atoms with Gasteiger partial charge in [0.1, 0.15) is 74.9 Å². The monoisotopic (exact) mass is 886 g/mol. The van der Waals surface area contributed by atoms with Crippen LogP contribution >= 0.6 is 0 Å². The van der Waals surface area contributed by atoms with Gasteiger partial charge in [0.15, 0.2) is 46.5 Å². The predicted octanol–water partition coefficient (Wildman–Crippen LogP) is 6.37. The molecule has 30 heteroatoms. The Balaban J connectivity index is 0.00000900. The number of rotatable bonds is 4. The van der Waals surface area contributed by atoms with Crippen molar-refractivity contribution in [2.75, 3.05) is 0 Å². The molecule has 0 spiro atoms. The Morgan fingerprint density at radius 1 is 0.207 bits per heavy atom. The first-order valence-electron chi connectivity index (χ1n) is 13.4. The van der Waals surface area contributed by atoms with E-state index in [-0.39, 0.29) is 18.9 Å². The summed E-state index contributed by atoms with van der Waals surface area (Å²) in [6.45, 7) is 0. The molecule has 4 aromatic rings. The van der Waals surface area contributed by atoms with Crippen LogP contribution in [0.4, 0.5) is 123 Å². The summed E-state index contributed by atoms with van der Waals surface area (Å²) < 4.78 is 409. The maximum Gasteiger partial charge on any atom is 1.00 e. The summed E-state index contributed by atoms with van der Waals surface area (Å²) in [5, 5.41) is 0. The fraction of sp³-hybridized carbons (Fsp3) is 0.143. The maximum absolute atomic E-state index is 15.9. The molecule has 0 aliphatic rings. The van der Waals surface area contributed by atoms with Crippen molar-refractivity contribution in [1.29, 1.82) is 0 Å². The van der Waals surface area contributed by atoms with E-state index in [1.807, 2.05) is 0 Å². The van der Waals surface area contributed by atoms with E-state index >= 15 is 70.2 Å². The summed E-state index contributed by atoms with van der Waals surface area (Å²) in [4.78, 5) is 0. The number of hydrogen-bond donors (Lipinski definition) is 0. The van der Waals surface area contributed by atoms with Crippen LogP contribution in [-0.2, 0) is 24.7 Å². The Labute approximate surface area is 310 Å². The Hall–Kier alpha value is -4.42. The first-order valence-corrected chi connectivity index (χ1v) is 13.4. The third-order valence-electron chi connectivity index (χ3n) is 8.06. The number of alkyl halides is 12. The summed E-state index contributed by atoms with van der Waals surface area (Å²) in [7, 11) is 0. The minimum Gasteiger partial charge on any atom is -0.207 e. The van der Waals surface area contributed by atoms with Crippen molar-refractivity contribution in [3.8, 4) is 0 Å². The van der Waals surface area contributed by atoms with Gasteiger partial charge in [-0.05, 0) is 0 Å². The van der Waals surface area contributed by atoms with Crippen molar-refractivity contribution < 1.29 is 142 Å². The van der Waals surface area contributed by atoms with Crippen molar-refractivity contribution >= 4 is 28.0 Å². The maximum atomic E-state index is 15.9. The predicted molar refractivity (Wildman–Crippen MR) is 129 cm³/mol. The van der Waals surface area contributed by atoms with Crippen LogP contribution in [0.1, 0.15) is 22.3 Å². The fourth-order valence-electron chi connectivity index (χ4n) is 5.98. The Kier molecular flexibility index (Phi) is 12.1. The largest absolute Gasteiger partial charge is 1.00 e. The second-order valence-corrected chi connectivity index (χ2v) is 11.0. The van der Waals surface area contributed by atoms with E-state index in [0.717, 1.165) is 0 Å². The molecule has 0 heterocycles. The molecule has 0 amide bonds. The third-order valence-corrected chi connectivity index (χ3v) is 8.06. The molecular weight excluding hydrogens is 886 g/mol. The van der Waals surface area contributed by atoms with E-state index in [1.165, 1.54) is 0 Å². The molecule has 0 nitrogen and oxygen atoms in total. The normalized spacial score (nSPS) is 13.0. The second kappa shape index (κ2) is 14.7. The van der Waals surface area contributed by atoms with E-state index in [2.05, 4.69) is 0 Å². The number of halogens is 28. The number of hydrogen-bond acceptors (Lipinski definition) is 0. The summed E-state index contributed by atoms with van der Waals surface area (Å²) in [5.41, 5.74) is -33.4. The Bertz CT molecular complexity index is 1920. The minimum atomic E-state index is -8.18. The van der Waals surface area contributed by atoms with E-state index in [0.29, 0.717) is 0 Å². The molecule has 0 N–H and O–H groups in total. The SMILES string of the molecule is Fc1c(F)c(C(F)(F)F)c(F)c(F)c1[B-](c1c(F)c(F)c(C(F)(F)F)c(F)c1F)(c1c(F)c(F)c(C(F)(F)F)c(F)c1F)c1c(F)c(F)c(C(F)(F)F)c(F)c1F.[Li+]. The molecule has 0 aliphatic carbocycles. The van der Waals surface area contributed by atoms with Gasteiger partial charge >= 0.3 is 43.6 Å². The van der Waals surface area contributed by atoms with Gasteiger partial charge in [-0.1, -0.05) is 0 Å². The van der Waals surface area contributed by atoms with Crippen molar-refractivity contribution in [1.82, 2.24) is 0 Å². The molecular formula is C28BF28Li. The number of benzene rings is 4. The van der Waals surface area contributed by atoms with E-state index < -0.39 is 168 Å². The van der Waals surface area contributed by atoms with Crippen LogP contribution in [0.3, 0.4) is 0 Å². The van der Waals surface area contributed by atoms with Crippen LogP contribution in [-0.4, -0.2) is 6.15 Å². The smallest absolute Gasteiger partial charge is 0.207 e. The van der Waals surface area contributed by atoms with Gasteiger partial charge in [-0.3, -0.25) is 0 Å². The zero-order chi connectivity index (χ0) is 44.4.